The summed E-state index contributed by atoms with van der Waals surface area (Å²) in [7, 11) is 0. The molecule has 0 spiro atoms. The molecule has 2 aromatic heterocycles. The van der Waals surface area contributed by atoms with Crippen LogP contribution in [-0.4, -0.2) is 29.1 Å². The SMILES string of the molecule is Cc1ccc(C(NC(=O)C2(c3ccc4[nH]cc(CO)c4c3)CC2)c2ccc(C)o2)c(N2CCCCC2)c1. The van der Waals surface area contributed by atoms with Crippen molar-refractivity contribution in [2.24, 2.45) is 0 Å². The Morgan fingerprint density at radius 3 is 2.59 bits per heavy atom. The zero-order valence-electron chi connectivity index (χ0n) is 21.6. The minimum absolute atomic E-state index is 0.0251. The Kier molecular flexibility index (Phi) is 6.07. The van der Waals surface area contributed by atoms with Gasteiger partial charge in [-0.25, -0.2) is 0 Å². The van der Waals surface area contributed by atoms with E-state index < -0.39 is 5.41 Å². The highest BCUT2D eigenvalue weighted by molar-refractivity contribution is 5.94. The van der Waals surface area contributed by atoms with Gasteiger partial charge < -0.3 is 24.7 Å². The molecule has 1 aliphatic carbocycles. The van der Waals surface area contributed by atoms with Gasteiger partial charge in [0.1, 0.15) is 17.6 Å². The lowest BCUT2D eigenvalue weighted by Crippen LogP contribution is -2.39. The van der Waals surface area contributed by atoms with Crippen LogP contribution in [0.2, 0.25) is 0 Å². The van der Waals surface area contributed by atoms with Gasteiger partial charge in [0.05, 0.1) is 12.0 Å². The molecular formula is C31H35N3O3. The molecule has 1 saturated heterocycles. The number of nitrogens with one attached hydrogen (secondary N) is 2. The van der Waals surface area contributed by atoms with Crippen LogP contribution in [0.4, 0.5) is 5.69 Å². The fourth-order valence-electron chi connectivity index (χ4n) is 5.87. The number of benzene rings is 2. The van der Waals surface area contributed by atoms with Crippen molar-refractivity contribution in [3.63, 3.8) is 0 Å². The number of aliphatic hydroxyl groups excluding tert-OH is 1. The van der Waals surface area contributed by atoms with Crippen molar-refractivity contribution in [3.05, 3.63) is 88.5 Å². The second-order valence-corrected chi connectivity index (χ2v) is 10.8. The van der Waals surface area contributed by atoms with Crippen molar-refractivity contribution < 1.29 is 14.3 Å². The Balaban J connectivity index is 1.37. The molecule has 3 heterocycles. The maximum absolute atomic E-state index is 14.1. The summed E-state index contributed by atoms with van der Waals surface area (Å²) in [5, 5.41) is 14.1. The Labute approximate surface area is 217 Å². The standard InChI is InChI=1S/C31H35N3O3/c1-20-6-9-24(27(16-20)34-14-4-3-5-15-34)29(28-11-7-21(2)37-28)33-30(36)31(12-13-31)23-8-10-26-25(17-23)22(19-35)18-32-26/h6-11,16-18,29,32,35H,3-5,12-15,19H2,1-2H3,(H,33,36). The molecule has 2 aliphatic rings. The van der Waals surface area contributed by atoms with E-state index in [2.05, 4.69) is 46.4 Å². The number of aromatic nitrogens is 1. The van der Waals surface area contributed by atoms with Crippen LogP contribution in [0.5, 0.6) is 0 Å². The average Bonchev–Trinajstić information content (AvgIpc) is 3.46. The molecule has 1 atom stereocenters. The molecule has 1 unspecified atom stereocenters. The Bertz CT molecular complexity index is 1440. The number of hydrogen-bond acceptors (Lipinski definition) is 4. The van der Waals surface area contributed by atoms with E-state index >= 15 is 0 Å². The van der Waals surface area contributed by atoms with Gasteiger partial charge in [0.15, 0.2) is 0 Å². The van der Waals surface area contributed by atoms with E-state index in [9.17, 15) is 9.90 Å². The highest BCUT2D eigenvalue weighted by Crippen LogP contribution is 2.50. The van der Waals surface area contributed by atoms with Crippen molar-refractivity contribution in [2.45, 2.75) is 64.0 Å². The van der Waals surface area contributed by atoms with Crippen molar-refractivity contribution >= 4 is 22.5 Å². The van der Waals surface area contributed by atoms with Gasteiger partial charge in [-0.15, -0.1) is 0 Å². The maximum atomic E-state index is 14.1. The molecule has 1 saturated carbocycles. The van der Waals surface area contributed by atoms with Crippen LogP contribution in [-0.2, 0) is 16.8 Å². The number of rotatable bonds is 7. The summed E-state index contributed by atoms with van der Waals surface area (Å²) in [5.41, 5.74) is 5.74. The van der Waals surface area contributed by atoms with E-state index in [0.717, 1.165) is 65.0 Å². The lowest BCUT2D eigenvalue weighted by atomic mass is 9.91. The first kappa shape index (κ1) is 23.9. The normalized spacial score (nSPS) is 17.6. The third kappa shape index (κ3) is 4.33. The number of aliphatic hydroxyl groups is 1. The molecule has 6 rings (SSSR count). The van der Waals surface area contributed by atoms with Crippen molar-refractivity contribution in [2.75, 3.05) is 18.0 Å². The molecule has 1 amide bonds. The van der Waals surface area contributed by atoms with Crippen LogP contribution in [0.25, 0.3) is 10.9 Å². The van der Waals surface area contributed by atoms with Crippen LogP contribution in [0.1, 0.15) is 71.9 Å². The zero-order valence-corrected chi connectivity index (χ0v) is 21.6. The highest BCUT2D eigenvalue weighted by atomic mass is 16.3. The number of anilines is 1. The van der Waals surface area contributed by atoms with E-state index in [4.69, 9.17) is 4.42 Å². The first-order valence-electron chi connectivity index (χ1n) is 13.4. The predicted octanol–water partition coefficient (Wildman–Crippen LogP) is 5.80. The van der Waals surface area contributed by atoms with Crippen molar-refractivity contribution in [3.8, 4) is 0 Å². The fourth-order valence-corrected chi connectivity index (χ4v) is 5.87. The number of amides is 1. The smallest absolute Gasteiger partial charge is 0.231 e. The lowest BCUT2D eigenvalue weighted by Gasteiger charge is -2.33. The topological polar surface area (TPSA) is 81.5 Å². The molecule has 2 fully saturated rings. The molecule has 0 bridgehead atoms. The van der Waals surface area contributed by atoms with Crippen LogP contribution < -0.4 is 10.2 Å². The number of hydrogen-bond donors (Lipinski definition) is 3. The molecule has 2 aromatic carbocycles. The van der Waals surface area contributed by atoms with E-state index in [1.807, 2.05) is 37.4 Å². The molecule has 0 radical (unpaired) electrons. The summed E-state index contributed by atoms with van der Waals surface area (Å²) in [6, 6.07) is 16.2. The molecule has 192 valence electrons. The fraction of sp³-hybridized carbons (Fsp3) is 0.387. The minimum Gasteiger partial charge on any atom is -0.464 e. The summed E-state index contributed by atoms with van der Waals surface area (Å²) in [5.74, 6) is 1.61. The lowest BCUT2D eigenvalue weighted by molar-refractivity contribution is -0.124. The number of carbonyl (C=O) groups is 1. The van der Waals surface area contributed by atoms with Crippen LogP contribution in [0, 0.1) is 13.8 Å². The molecule has 3 N–H and O–H groups in total. The summed E-state index contributed by atoms with van der Waals surface area (Å²) in [6.45, 7) is 6.09. The Morgan fingerprint density at radius 1 is 1.08 bits per heavy atom. The molecule has 37 heavy (non-hydrogen) atoms. The molecule has 4 aromatic rings. The number of nitrogens with zero attached hydrogens (tertiary/aromatic N) is 1. The van der Waals surface area contributed by atoms with Gasteiger partial charge in [-0.05, 0) is 87.4 Å². The van der Waals surface area contributed by atoms with Gasteiger partial charge in [0.25, 0.3) is 0 Å². The minimum atomic E-state index is -0.561. The van der Waals surface area contributed by atoms with E-state index in [0.29, 0.717) is 0 Å². The monoisotopic (exact) mass is 497 g/mol. The molecule has 1 aliphatic heterocycles. The number of piperidine rings is 1. The summed E-state index contributed by atoms with van der Waals surface area (Å²) >= 11 is 0. The zero-order chi connectivity index (χ0) is 25.6. The van der Waals surface area contributed by atoms with Crippen LogP contribution >= 0.6 is 0 Å². The number of fused-ring (bicyclic) bond motifs is 1. The Hall–Kier alpha value is -3.51. The Morgan fingerprint density at radius 2 is 1.89 bits per heavy atom. The van der Waals surface area contributed by atoms with Crippen LogP contribution in [0.3, 0.4) is 0 Å². The van der Waals surface area contributed by atoms with E-state index in [1.165, 1.54) is 30.5 Å². The number of aromatic amines is 1. The average molecular weight is 498 g/mol. The van der Waals surface area contributed by atoms with Gasteiger partial charge in [0, 0.05) is 47.0 Å². The second kappa shape index (κ2) is 9.42. The van der Waals surface area contributed by atoms with Gasteiger partial charge in [0.2, 0.25) is 5.91 Å². The van der Waals surface area contributed by atoms with Gasteiger partial charge in [-0.3, -0.25) is 4.79 Å². The second-order valence-electron chi connectivity index (χ2n) is 10.8. The van der Waals surface area contributed by atoms with Gasteiger partial charge in [-0.2, -0.15) is 0 Å². The third-order valence-electron chi connectivity index (χ3n) is 8.19. The number of aryl methyl sites for hydroxylation is 2. The number of carbonyl (C=O) groups excluding carboxylic acids is 1. The molecule has 6 nitrogen and oxygen atoms in total. The highest BCUT2D eigenvalue weighted by Gasteiger charge is 2.52. The summed E-state index contributed by atoms with van der Waals surface area (Å²) < 4.78 is 6.12. The van der Waals surface area contributed by atoms with E-state index in [1.54, 1.807) is 0 Å². The van der Waals surface area contributed by atoms with Gasteiger partial charge in [-0.1, -0.05) is 18.2 Å². The first-order valence-corrected chi connectivity index (χ1v) is 13.4. The summed E-state index contributed by atoms with van der Waals surface area (Å²) in [6.07, 6.45) is 7.08. The first-order chi connectivity index (χ1) is 18.0. The number of furan rings is 1. The quantitative estimate of drug-likeness (QED) is 0.302. The maximum Gasteiger partial charge on any atom is 0.231 e. The molecule has 6 heteroatoms. The number of H-pyrrole nitrogens is 1. The predicted molar refractivity (Wildman–Crippen MR) is 146 cm³/mol. The van der Waals surface area contributed by atoms with Crippen molar-refractivity contribution in [1.29, 1.82) is 0 Å². The van der Waals surface area contributed by atoms with Gasteiger partial charge >= 0.3 is 0 Å². The van der Waals surface area contributed by atoms with Crippen molar-refractivity contribution in [1.82, 2.24) is 10.3 Å². The largest absolute Gasteiger partial charge is 0.464 e. The van der Waals surface area contributed by atoms with Crippen LogP contribution in [0.15, 0.2) is 59.1 Å². The third-order valence-corrected chi connectivity index (χ3v) is 8.19. The molecular weight excluding hydrogens is 462 g/mol. The van der Waals surface area contributed by atoms with E-state index in [-0.39, 0.29) is 18.6 Å². The summed E-state index contributed by atoms with van der Waals surface area (Å²) in [4.78, 5) is 19.7.